The molecular formula is C18H18N2O3. The Kier molecular flexibility index (Phi) is 4.37. The standard InChI is InChI=1S/C18H18N2O3/c1-2-23-17(21)12-20-10-7-14-3-4-15(11-16(14)18(20)22)13-5-8-19-9-6-13/h3-6,8-9,11H,2,7,10,12H2,1H3. The van der Waals surface area contributed by atoms with Gasteiger partial charge < -0.3 is 9.64 Å². The van der Waals surface area contributed by atoms with E-state index in [1.54, 1.807) is 24.2 Å². The Morgan fingerprint density at radius 3 is 2.74 bits per heavy atom. The number of amides is 1. The zero-order valence-electron chi connectivity index (χ0n) is 13.0. The second kappa shape index (κ2) is 6.60. The van der Waals surface area contributed by atoms with E-state index in [9.17, 15) is 9.59 Å². The summed E-state index contributed by atoms with van der Waals surface area (Å²) in [5.41, 5.74) is 3.67. The van der Waals surface area contributed by atoms with Gasteiger partial charge in [0.1, 0.15) is 6.54 Å². The number of ether oxygens (including phenoxy) is 1. The molecular weight excluding hydrogens is 292 g/mol. The molecule has 2 heterocycles. The Labute approximate surface area is 134 Å². The molecule has 0 spiro atoms. The van der Waals surface area contributed by atoms with Crippen LogP contribution in [0, 0.1) is 0 Å². The topological polar surface area (TPSA) is 59.5 Å². The monoisotopic (exact) mass is 310 g/mol. The Morgan fingerprint density at radius 1 is 1.22 bits per heavy atom. The summed E-state index contributed by atoms with van der Waals surface area (Å²) >= 11 is 0. The van der Waals surface area contributed by atoms with Crippen molar-refractivity contribution in [2.75, 3.05) is 19.7 Å². The zero-order valence-corrected chi connectivity index (χ0v) is 13.0. The Balaban J connectivity index is 1.86. The summed E-state index contributed by atoms with van der Waals surface area (Å²) in [6.45, 7) is 2.63. The number of aromatic nitrogens is 1. The van der Waals surface area contributed by atoms with Crippen LogP contribution >= 0.6 is 0 Å². The minimum Gasteiger partial charge on any atom is -0.465 e. The van der Waals surface area contributed by atoms with Gasteiger partial charge >= 0.3 is 5.97 Å². The third-order valence-electron chi connectivity index (χ3n) is 3.92. The molecule has 5 heteroatoms. The van der Waals surface area contributed by atoms with E-state index < -0.39 is 0 Å². The molecule has 0 atom stereocenters. The number of esters is 1. The summed E-state index contributed by atoms with van der Waals surface area (Å²) < 4.78 is 4.93. The third kappa shape index (κ3) is 3.23. The molecule has 5 nitrogen and oxygen atoms in total. The van der Waals surface area contributed by atoms with Gasteiger partial charge in [0.2, 0.25) is 0 Å². The van der Waals surface area contributed by atoms with Crippen LogP contribution in [0.3, 0.4) is 0 Å². The summed E-state index contributed by atoms with van der Waals surface area (Å²) in [5.74, 6) is -0.482. The highest BCUT2D eigenvalue weighted by atomic mass is 16.5. The number of hydrogen-bond acceptors (Lipinski definition) is 4. The van der Waals surface area contributed by atoms with Crippen molar-refractivity contribution in [3.8, 4) is 11.1 Å². The van der Waals surface area contributed by atoms with Crippen LogP contribution in [-0.2, 0) is 16.0 Å². The molecule has 0 aliphatic carbocycles. The summed E-state index contributed by atoms with van der Waals surface area (Å²) in [6.07, 6.45) is 4.20. The van der Waals surface area contributed by atoms with E-state index in [4.69, 9.17) is 4.74 Å². The molecule has 118 valence electrons. The highest BCUT2D eigenvalue weighted by Gasteiger charge is 2.26. The van der Waals surface area contributed by atoms with Crippen LogP contribution in [0.4, 0.5) is 0 Å². The van der Waals surface area contributed by atoms with Crippen molar-refractivity contribution >= 4 is 11.9 Å². The number of carbonyl (C=O) groups is 2. The Hall–Kier alpha value is -2.69. The number of carbonyl (C=O) groups excluding carboxylic acids is 2. The second-order valence-electron chi connectivity index (χ2n) is 5.39. The fourth-order valence-electron chi connectivity index (χ4n) is 2.76. The first kappa shape index (κ1) is 15.2. The number of hydrogen-bond donors (Lipinski definition) is 0. The minimum atomic E-state index is -0.366. The van der Waals surface area contributed by atoms with Crippen molar-refractivity contribution in [1.29, 1.82) is 0 Å². The van der Waals surface area contributed by atoms with Gasteiger partial charge in [0.25, 0.3) is 5.91 Å². The van der Waals surface area contributed by atoms with Gasteiger partial charge in [-0.25, -0.2) is 0 Å². The van der Waals surface area contributed by atoms with Gasteiger partial charge in [-0.2, -0.15) is 0 Å². The van der Waals surface area contributed by atoms with Gasteiger partial charge in [0.05, 0.1) is 6.61 Å². The predicted molar refractivity (Wildman–Crippen MR) is 85.9 cm³/mol. The van der Waals surface area contributed by atoms with E-state index in [0.717, 1.165) is 23.1 Å². The van der Waals surface area contributed by atoms with Crippen LogP contribution in [0.25, 0.3) is 11.1 Å². The minimum absolute atomic E-state index is 0.00555. The van der Waals surface area contributed by atoms with Crippen LogP contribution in [0.2, 0.25) is 0 Å². The fraction of sp³-hybridized carbons (Fsp3) is 0.278. The van der Waals surface area contributed by atoms with E-state index in [-0.39, 0.29) is 18.4 Å². The lowest BCUT2D eigenvalue weighted by Gasteiger charge is -2.28. The average molecular weight is 310 g/mol. The van der Waals surface area contributed by atoms with Crippen molar-refractivity contribution in [2.24, 2.45) is 0 Å². The Morgan fingerprint density at radius 2 is 2.00 bits per heavy atom. The number of pyridine rings is 1. The fourth-order valence-corrected chi connectivity index (χ4v) is 2.76. The van der Waals surface area contributed by atoms with Crippen molar-refractivity contribution in [1.82, 2.24) is 9.88 Å². The molecule has 3 rings (SSSR count). The van der Waals surface area contributed by atoms with Crippen LogP contribution in [0.15, 0.2) is 42.7 Å². The highest BCUT2D eigenvalue weighted by Crippen LogP contribution is 2.26. The summed E-state index contributed by atoms with van der Waals surface area (Å²) in [4.78, 5) is 29.8. The van der Waals surface area contributed by atoms with E-state index in [0.29, 0.717) is 18.7 Å². The summed E-state index contributed by atoms with van der Waals surface area (Å²) in [5, 5.41) is 0. The molecule has 0 fully saturated rings. The van der Waals surface area contributed by atoms with Gasteiger partial charge in [-0.05, 0) is 48.2 Å². The van der Waals surface area contributed by atoms with Gasteiger partial charge in [-0.3, -0.25) is 14.6 Å². The molecule has 1 aliphatic rings. The first-order valence-electron chi connectivity index (χ1n) is 7.67. The lowest BCUT2D eigenvalue weighted by atomic mass is 9.94. The molecule has 1 aliphatic heterocycles. The molecule has 1 amide bonds. The molecule has 0 N–H and O–H groups in total. The van der Waals surface area contributed by atoms with Gasteiger partial charge in [-0.1, -0.05) is 12.1 Å². The average Bonchev–Trinajstić information content (AvgIpc) is 2.58. The second-order valence-corrected chi connectivity index (χ2v) is 5.39. The quantitative estimate of drug-likeness (QED) is 0.813. The van der Waals surface area contributed by atoms with Gasteiger partial charge in [-0.15, -0.1) is 0 Å². The van der Waals surface area contributed by atoms with Crippen molar-refractivity contribution in [3.05, 3.63) is 53.9 Å². The lowest BCUT2D eigenvalue weighted by molar-refractivity contribution is -0.143. The van der Waals surface area contributed by atoms with Crippen LogP contribution < -0.4 is 0 Å². The molecule has 2 aromatic rings. The van der Waals surface area contributed by atoms with Crippen LogP contribution in [-0.4, -0.2) is 41.5 Å². The predicted octanol–water partition coefficient (Wildman–Crippen LogP) is 2.31. The lowest BCUT2D eigenvalue weighted by Crippen LogP contribution is -2.41. The van der Waals surface area contributed by atoms with Crippen molar-refractivity contribution in [2.45, 2.75) is 13.3 Å². The maximum atomic E-state index is 12.6. The van der Waals surface area contributed by atoms with Gasteiger partial charge in [0.15, 0.2) is 0 Å². The normalized spacial score (nSPS) is 13.6. The molecule has 0 radical (unpaired) electrons. The summed E-state index contributed by atoms with van der Waals surface area (Å²) in [6, 6.07) is 9.72. The maximum absolute atomic E-state index is 12.6. The summed E-state index contributed by atoms with van der Waals surface area (Å²) in [7, 11) is 0. The first-order valence-corrected chi connectivity index (χ1v) is 7.67. The van der Waals surface area contributed by atoms with Crippen molar-refractivity contribution < 1.29 is 14.3 Å². The number of rotatable bonds is 4. The van der Waals surface area contributed by atoms with Crippen LogP contribution in [0.5, 0.6) is 0 Å². The van der Waals surface area contributed by atoms with E-state index in [1.807, 2.05) is 30.3 Å². The maximum Gasteiger partial charge on any atom is 0.325 e. The van der Waals surface area contributed by atoms with Crippen LogP contribution in [0.1, 0.15) is 22.8 Å². The molecule has 0 saturated carbocycles. The number of benzene rings is 1. The Bertz CT molecular complexity index is 728. The SMILES string of the molecule is CCOC(=O)CN1CCc2ccc(-c3ccncc3)cc2C1=O. The molecule has 1 aromatic heterocycles. The smallest absolute Gasteiger partial charge is 0.325 e. The van der Waals surface area contributed by atoms with E-state index in [2.05, 4.69) is 4.98 Å². The molecule has 1 aromatic carbocycles. The molecule has 0 saturated heterocycles. The molecule has 23 heavy (non-hydrogen) atoms. The molecule has 0 unspecified atom stereocenters. The highest BCUT2D eigenvalue weighted by molar-refractivity contribution is 5.99. The molecule has 0 bridgehead atoms. The van der Waals surface area contributed by atoms with E-state index >= 15 is 0 Å². The van der Waals surface area contributed by atoms with Gasteiger partial charge in [0, 0.05) is 24.5 Å². The van der Waals surface area contributed by atoms with Crippen molar-refractivity contribution in [3.63, 3.8) is 0 Å². The number of fused-ring (bicyclic) bond motifs is 1. The zero-order chi connectivity index (χ0) is 16.2. The largest absolute Gasteiger partial charge is 0.465 e. The van der Waals surface area contributed by atoms with E-state index in [1.165, 1.54) is 0 Å². The number of nitrogens with zero attached hydrogens (tertiary/aromatic N) is 2. The first-order chi connectivity index (χ1) is 11.2. The third-order valence-corrected chi connectivity index (χ3v) is 3.92.